The van der Waals surface area contributed by atoms with Crippen LogP contribution in [0, 0.1) is 17.8 Å². The molecule has 0 spiro atoms. The molecule has 0 amide bonds. The summed E-state index contributed by atoms with van der Waals surface area (Å²) < 4.78 is 16.4. The highest BCUT2D eigenvalue weighted by Crippen LogP contribution is 2.40. The highest BCUT2D eigenvalue weighted by atomic mass is 16.6. The minimum Gasteiger partial charge on any atom is -0.458 e. The third-order valence-electron chi connectivity index (χ3n) is 5.34. The van der Waals surface area contributed by atoms with Crippen LogP contribution < -0.4 is 0 Å². The van der Waals surface area contributed by atoms with Crippen LogP contribution in [0.25, 0.3) is 0 Å². The summed E-state index contributed by atoms with van der Waals surface area (Å²) in [6.07, 6.45) is -0.403. The third kappa shape index (κ3) is 5.16. The number of rotatable bonds is 4. The molecule has 2 aliphatic rings. The molecule has 1 aliphatic heterocycles. The Bertz CT molecular complexity index is 763. The van der Waals surface area contributed by atoms with Crippen molar-refractivity contribution in [1.29, 1.82) is 0 Å². The Balaban J connectivity index is 2.62. The maximum atomic E-state index is 12.7. The summed E-state index contributed by atoms with van der Waals surface area (Å²) in [7, 11) is 0. The number of allylic oxidation sites excluding steroid dienone is 1. The van der Waals surface area contributed by atoms with Gasteiger partial charge in [0.25, 0.3) is 0 Å². The first-order chi connectivity index (χ1) is 13.8. The van der Waals surface area contributed by atoms with Crippen molar-refractivity contribution in [2.24, 2.45) is 17.8 Å². The number of hydrogen-bond acceptors (Lipinski definition) is 8. The van der Waals surface area contributed by atoms with E-state index in [0.29, 0.717) is 6.42 Å². The minimum absolute atomic E-state index is 0.0187. The maximum Gasteiger partial charge on any atom is 0.334 e. The van der Waals surface area contributed by atoms with Crippen LogP contribution in [-0.2, 0) is 33.4 Å². The number of hydrogen-bond donors (Lipinski definition) is 1. The normalized spacial score (nSPS) is 34.4. The van der Waals surface area contributed by atoms with Crippen LogP contribution in [0.4, 0.5) is 0 Å². The molecule has 0 aromatic rings. The second-order valence-corrected chi connectivity index (χ2v) is 8.66. The zero-order valence-corrected chi connectivity index (χ0v) is 18.0. The molecule has 1 heterocycles. The number of carbonyl (C=O) groups is 4. The SMILES string of the molecule is C=C1C(=O)OC2CC(C)C=CC(=O)C(C)(O)C(OC(C)=O)C(OC(=O)CC(C)C)C12. The van der Waals surface area contributed by atoms with E-state index in [0.717, 1.165) is 6.92 Å². The van der Waals surface area contributed by atoms with Gasteiger partial charge < -0.3 is 19.3 Å². The molecule has 0 bridgehead atoms. The standard InChI is InChI=1S/C22H30O8/c1-11(2)9-17(25)30-19-18-13(4)21(26)29-15(18)10-12(3)7-8-16(24)22(6,27)20(19)28-14(5)23/h7-8,11-12,15,18-20,27H,4,9-10H2,1-3,5-6H3. The highest BCUT2D eigenvalue weighted by Gasteiger charge is 2.55. The summed E-state index contributed by atoms with van der Waals surface area (Å²) in [4.78, 5) is 49.4. The Kier molecular flexibility index (Phi) is 7.23. The van der Waals surface area contributed by atoms with Crippen LogP contribution in [0.5, 0.6) is 0 Å². The Morgan fingerprint density at radius 2 is 1.97 bits per heavy atom. The average Bonchev–Trinajstić information content (AvgIpc) is 2.88. The van der Waals surface area contributed by atoms with Crippen LogP contribution in [0.15, 0.2) is 24.3 Å². The van der Waals surface area contributed by atoms with E-state index in [1.807, 2.05) is 20.8 Å². The van der Waals surface area contributed by atoms with Gasteiger partial charge in [-0.25, -0.2) is 4.79 Å². The molecule has 1 N–H and O–H groups in total. The van der Waals surface area contributed by atoms with Crippen molar-refractivity contribution in [3.63, 3.8) is 0 Å². The van der Waals surface area contributed by atoms with E-state index in [1.54, 1.807) is 6.08 Å². The van der Waals surface area contributed by atoms with E-state index in [4.69, 9.17) is 14.2 Å². The fourth-order valence-corrected chi connectivity index (χ4v) is 3.79. The molecular formula is C22H30O8. The second kappa shape index (κ2) is 9.12. The Morgan fingerprint density at radius 3 is 2.53 bits per heavy atom. The van der Waals surface area contributed by atoms with Crippen molar-refractivity contribution in [3.8, 4) is 0 Å². The van der Waals surface area contributed by atoms with Crippen molar-refractivity contribution in [3.05, 3.63) is 24.3 Å². The van der Waals surface area contributed by atoms with Crippen molar-refractivity contribution in [2.45, 2.75) is 71.4 Å². The lowest BCUT2D eigenvalue weighted by atomic mass is 9.77. The molecule has 0 saturated carbocycles. The minimum atomic E-state index is -2.21. The molecule has 8 nitrogen and oxygen atoms in total. The Morgan fingerprint density at radius 1 is 1.33 bits per heavy atom. The predicted molar refractivity (Wildman–Crippen MR) is 106 cm³/mol. The zero-order valence-electron chi connectivity index (χ0n) is 18.0. The molecule has 1 aliphatic carbocycles. The summed E-state index contributed by atoms with van der Waals surface area (Å²) in [5.41, 5.74) is -2.17. The lowest BCUT2D eigenvalue weighted by Gasteiger charge is -2.39. The van der Waals surface area contributed by atoms with Gasteiger partial charge in [-0.2, -0.15) is 0 Å². The number of carbonyl (C=O) groups excluding carboxylic acids is 4. The molecular weight excluding hydrogens is 392 g/mol. The number of aliphatic hydroxyl groups is 1. The molecule has 0 radical (unpaired) electrons. The quantitative estimate of drug-likeness (QED) is 0.415. The molecule has 1 fully saturated rings. The van der Waals surface area contributed by atoms with Crippen LogP contribution in [-0.4, -0.2) is 52.7 Å². The Hall–Kier alpha value is -2.48. The monoisotopic (exact) mass is 422 g/mol. The van der Waals surface area contributed by atoms with Crippen LogP contribution in [0.1, 0.15) is 47.5 Å². The van der Waals surface area contributed by atoms with E-state index < -0.39 is 53.5 Å². The first-order valence-corrected chi connectivity index (χ1v) is 10.1. The van der Waals surface area contributed by atoms with Crippen molar-refractivity contribution in [1.82, 2.24) is 0 Å². The van der Waals surface area contributed by atoms with Crippen molar-refractivity contribution >= 4 is 23.7 Å². The van der Waals surface area contributed by atoms with E-state index in [1.165, 1.54) is 13.0 Å². The fourth-order valence-electron chi connectivity index (χ4n) is 3.79. The lowest BCUT2D eigenvalue weighted by molar-refractivity contribution is -0.196. The first kappa shape index (κ1) is 23.8. The first-order valence-electron chi connectivity index (χ1n) is 10.1. The molecule has 8 heteroatoms. The fraction of sp³-hybridized carbons (Fsp3) is 0.636. The van der Waals surface area contributed by atoms with Gasteiger partial charge in [0, 0.05) is 18.9 Å². The smallest absolute Gasteiger partial charge is 0.334 e. The molecule has 6 atom stereocenters. The zero-order chi connectivity index (χ0) is 22.8. The van der Waals surface area contributed by atoms with E-state index >= 15 is 0 Å². The van der Waals surface area contributed by atoms with Gasteiger partial charge in [0.2, 0.25) is 0 Å². The summed E-state index contributed by atoms with van der Waals surface area (Å²) >= 11 is 0. The molecule has 0 aromatic heterocycles. The van der Waals surface area contributed by atoms with E-state index in [-0.39, 0.29) is 23.8 Å². The summed E-state index contributed by atoms with van der Waals surface area (Å²) in [6.45, 7) is 11.6. The van der Waals surface area contributed by atoms with Gasteiger partial charge >= 0.3 is 17.9 Å². The summed E-state index contributed by atoms with van der Waals surface area (Å²) in [6, 6.07) is 0. The van der Waals surface area contributed by atoms with Crippen molar-refractivity contribution in [2.75, 3.05) is 0 Å². The third-order valence-corrected chi connectivity index (χ3v) is 5.34. The topological polar surface area (TPSA) is 116 Å². The van der Waals surface area contributed by atoms with Crippen molar-refractivity contribution < 1.29 is 38.5 Å². The molecule has 1 saturated heterocycles. The van der Waals surface area contributed by atoms with Crippen LogP contribution >= 0.6 is 0 Å². The number of fused-ring (bicyclic) bond motifs is 1. The molecule has 0 aromatic carbocycles. The highest BCUT2D eigenvalue weighted by molar-refractivity contribution is 5.97. The average molecular weight is 422 g/mol. The summed E-state index contributed by atoms with van der Waals surface area (Å²) in [5.74, 6) is -3.83. The van der Waals surface area contributed by atoms with Gasteiger partial charge in [0.15, 0.2) is 23.6 Å². The molecule has 166 valence electrons. The second-order valence-electron chi connectivity index (χ2n) is 8.66. The number of ether oxygens (including phenoxy) is 3. The summed E-state index contributed by atoms with van der Waals surface area (Å²) in [5, 5.41) is 11.1. The molecule has 2 rings (SSSR count). The van der Waals surface area contributed by atoms with Gasteiger partial charge in [0.05, 0.1) is 5.92 Å². The van der Waals surface area contributed by atoms with Gasteiger partial charge in [0.1, 0.15) is 6.10 Å². The number of esters is 3. The van der Waals surface area contributed by atoms with Crippen LogP contribution in [0.3, 0.4) is 0 Å². The van der Waals surface area contributed by atoms with E-state index in [2.05, 4.69) is 6.58 Å². The molecule has 6 unspecified atom stereocenters. The predicted octanol–water partition coefficient (Wildman–Crippen LogP) is 1.89. The lowest BCUT2D eigenvalue weighted by Crippen LogP contribution is -2.58. The Labute approximate surface area is 176 Å². The number of ketones is 1. The van der Waals surface area contributed by atoms with Crippen LogP contribution in [0.2, 0.25) is 0 Å². The van der Waals surface area contributed by atoms with Gasteiger partial charge in [-0.15, -0.1) is 0 Å². The molecule has 30 heavy (non-hydrogen) atoms. The van der Waals surface area contributed by atoms with Gasteiger partial charge in [-0.1, -0.05) is 33.4 Å². The van der Waals surface area contributed by atoms with Gasteiger partial charge in [-0.3, -0.25) is 14.4 Å². The largest absolute Gasteiger partial charge is 0.458 e. The maximum absolute atomic E-state index is 12.7. The van der Waals surface area contributed by atoms with E-state index in [9.17, 15) is 24.3 Å². The van der Waals surface area contributed by atoms with Gasteiger partial charge in [-0.05, 0) is 31.3 Å².